The van der Waals surface area contributed by atoms with Gasteiger partial charge in [0.25, 0.3) is 0 Å². The molecule has 3 nitrogen and oxygen atoms in total. The third-order valence-corrected chi connectivity index (χ3v) is 3.91. The predicted molar refractivity (Wildman–Crippen MR) is 72.8 cm³/mol. The monoisotopic (exact) mass is 311 g/mol. The van der Waals surface area contributed by atoms with Crippen LogP contribution >= 0.6 is 15.9 Å². The van der Waals surface area contributed by atoms with E-state index in [4.69, 9.17) is 0 Å². The van der Waals surface area contributed by atoms with Crippen molar-refractivity contribution < 1.29 is 4.39 Å². The van der Waals surface area contributed by atoms with Gasteiger partial charge in [0, 0.05) is 13.2 Å². The zero-order valence-corrected chi connectivity index (χ0v) is 11.9. The fraction of sp³-hybridized carbons (Fsp3) is 0.308. The summed E-state index contributed by atoms with van der Waals surface area (Å²) in [7, 11) is 3.80. The number of aryl methyl sites for hydroxylation is 1. The third kappa shape index (κ3) is 2.62. The van der Waals surface area contributed by atoms with Crippen LogP contribution < -0.4 is 5.32 Å². The SMILES string of the molecule is CNC(Cc1cccc(F)c1Br)c1ccnn1C. The summed E-state index contributed by atoms with van der Waals surface area (Å²) in [6.45, 7) is 0. The standard InChI is InChI=1S/C13H15BrFN3/c1-16-11(12-6-7-17-18(12)2)8-9-4-3-5-10(15)13(9)14/h3-7,11,16H,8H2,1-2H3. The molecule has 0 fully saturated rings. The van der Waals surface area contributed by atoms with E-state index < -0.39 is 0 Å². The number of aromatic nitrogens is 2. The maximum absolute atomic E-state index is 13.5. The fourth-order valence-corrected chi connectivity index (χ4v) is 2.43. The predicted octanol–water partition coefficient (Wildman–Crippen LogP) is 2.82. The van der Waals surface area contributed by atoms with Crippen LogP contribution in [0.2, 0.25) is 0 Å². The third-order valence-electron chi connectivity index (χ3n) is 3.02. The lowest BCUT2D eigenvalue weighted by Crippen LogP contribution is -2.21. The summed E-state index contributed by atoms with van der Waals surface area (Å²) in [4.78, 5) is 0. The van der Waals surface area contributed by atoms with Crippen LogP contribution in [0.5, 0.6) is 0 Å². The Morgan fingerprint density at radius 1 is 1.44 bits per heavy atom. The van der Waals surface area contributed by atoms with Gasteiger partial charge in [-0.2, -0.15) is 5.10 Å². The lowest BCUT2D eigenvalue weighted by Gasteiger charge is -2.17. The van der Waals surface area contributed by atoms with Crippen molar-refractivity contribution in [3.63, 3.8) is 0 Å². The molecule has 1 atom stereocenters. The number of benzene rings is 1. The van der Waals surface area contributed by atoms with Gasteiger partial charge in [0.05, 0.1) is 16.2 Å². The van der Waals surface area contributed by atoms with Gasteiger partial charge in [-0.15, -0.1) is 0 Å². The molecule has 0 amide bonds. The van der Waals surface area contributed by atoms with E-state index >= 15 is 0 Å². The Balaban J connectivity index is 2.26. The Morgan fingerprint density at radius 3 is 2.83 bits per heavy atom. The lowest BCUT2D eigenvalue weighted by molar-refractivity contribution is 0.533. The van der Waals surface area contributed by atoms with Gasteiger partial charge >= 0.3 is 0 Å². The molecule has 0 saturated heterocycles. The molecule has 0 saturated carbocycles. The zero-order chi connectivity index (χ0) is 13.1. The van der Waals surface area contributed by atoms with Gasteiger partial charge in [-0.05, 0) is 47.1 Å². The molecule has 0 aliphatic heterocycles. The molecule has 18 heavy (non-hydrogen) atoms. The maximum Gasteiger partial charge on any atom is 0.137 e. The molecule has 1 N–H and O–H groups in total. The van der Waals surface area contributed by atoms with E-state index in [0.717, 1.165) is 11.3 Å². The fourth-order valence-electron chi connectivity index (χ4n) is 2.01. The van der Waals surface area contributed by atoms with Crippen molar-refractivity contribution in [1.82, 2.24) is 15.1 Å². The first-order valence-electron chi connectivity index (χ1n) is 5.71. The highest BCUT2D eigenvalue weighted by molar-refractivity contribution is 9.10. The van der Waals surface area contributed by atoms with Crippen LogP contribution in [-0.4, -0.2) is 16.8 Å². The van der Waals surface area contributed by atoms with Crippen molar-refractivity contribution in [2.24, 2.45) is 7.05 Å². The second kappa shape index (κ2) is 5.63. The molecule has 96 valence electrons. The smallest absolute Gasteiger partial charge is 0.137 e. The van der Waals surface area contributed by atoms with Gasteiger partial charge in [0.1, 0.15) is 5.82 Å². The Bertz CT molecular complexity index is 539. The maximum atomic E-state index is 13.5. The zero-order valence-electron chi connectivity index (χ0n) is 10.3. The molecule has 1 unspecified atom stereocenters. The molecule has 0 aliphatic rings. The quantitative estimate of drug-likeness (QED) is 0.941. The van der Waals surface area contributed by atoms with Gasteiger partial charge in [-0.3, -0.25) is 4.68 Å². The van der Waals surface area contributed by atoms with Crippen molar-refractivity contribution in [2.75, 3.05) is 7.05 Å². The number of nitrogens with one attached hydrogen (secondary N) is 1. The van der Waals surface area contributed by atoms with Crippen LogP contribution in [0.3, 0.4) is 0 Å². The molecule has 0 spiro atoms. The molecule has 1 aromatic carbocycles. The summed E-state index contributed by atoms with van der Waals surface area (Å²) in [5, 5.41) is 7.39. The van der Waals surface area contributed by atoms with E-state index in [1.54, 1.807) is 12.3 Å². The minimum atomic E-state index is -0.229. The topological polar surface area (TPSA) is 29.9 Å². The highest BCUT2D eigenvalue weighted by Crippen LogP contribution is 2.25. The summed E-state index contributed by atoms with van der Waals surface area (Å²) in [6.07, 6.45) is 2.47. The molecule has 0 bridgehead atoms. The van der Waals surface area contributed by atoms with E-state index in [-0.39, 0.29) is 11.9 Å². The van der Waals surface area contributed by atoms with Crippen molar-refractivity contribution in [3.05, 3.63) is 52.0 Å². The molecule has 2 rings (SSSR count). The molecule has 5 heteroatoms. The molecular formula is C13H15BrFN3. The van der Waals surface area contributed by atoms with Crippen LogP contribution in [0, 0.1) is 5.82 Å². The summed E-state index contributed by atoms with van der Waals surface area (Å²) < 4.78 is 15.8. The largest absolute Gasteiger partial charge is 0.311 e. The Kier molecular flexibility index (Phi) is 4.14. The van der Waals surface area contributed by atoms with Gasteiger partial charge in [0.15, 0.2) is 0 Å². The minimum Gasteiger partial charge on any atom is -0.311 e. The van der Waals surface area contributed by atoms with E-state index in [2.05, 4.69) is 26.3 Å². The number of halogens is 2. The highest BCUT2D eigenvalue weighted by atomic mass is 79.9. The van der Waals surface area contributed by atoms with Crippen molar-refractivity contribution in [3.8, 4) is 0 Å². The summed E-state index contributed by atoms with van der Waals surface area (Å²) in [5.41, 5.74) is 2.02. The van der Waals surface area contributed by atoms with E-state index in [9.17, 15) is 4.39 Å². The molecule has 1 heterocycles. The lowest BCUT2D eigenvalue weighted by atomic mass is 10.0. The van der Waals surface area contributed by atoms with E-state index in [0.29, 0.717) is 10.9 Å². The summed E-state index contributed by atoms with van der Waals surface area (Å²) >= 11 is 3.29. The van der Waals surface area contributed by atoms with Gasteiger partial charge in [-0.25, -0.2) is 4.39 Å². The van der Waals surface area contributed by atoms with Crippen molar-refractivity contribution in [2.45, 2.75) is 12.5 Å². The highest BCUT2D eigenvalue weighted by Gasteiger charge is 2.16. The van der Waals surface area contributed by atoms with Gasteiger partial charge in [0.2, 0.25) is 0 Å². The van der Waals surface area contributed by atoms with Crippen LogP contribution in [0.25, 0.3) is 0 Å². The first-order chi connectivity index (χ1) is 8.63. The average Bonchev–Trinajstić information content (AvgIpc) is 2.77. The molecule has 0 aliphatic carbocycles. The first-order valence-corrected chi connectivity index (χ1v) is 6.51. The number of nitrogens with zero attached hydrogens (tertiary/aromatic N) is 2. The van der Waals surface area contributed by atoms with Crippen LogP contribution in [0.1, 0.15) is 17.3 Å². The summed E-state index contributed by atoms with van der Waals surface area (Å²) in [6, 6.07) is 7.18. The summed E-state index contributed by atoms with van der Waals surface area (Å²) in [5.74, 6) is -0.229. The van der Waals surface area contributed by atoms with Crippen LogP contribution in [-0.2, 0) is 13.5 Å². The molecule has 0 radical (unpaired) electrons. The van der Waals surface area contributed by atoms with E-state index in [1.165, 1.54) is 6.07 Å². The minimum absolute atomic E-state index is 0.107. The average molecular weight is 312 g/mol. The Morgan fingerprint density at radius 2 is 2.22 bits per heavy atom. The van der Waals surface area contributed by atoms with Crippen LogP contribution in [0.4, 0.5) is 4.39 Å². The van der Waals surface area contributed by atoms with Gasteiger partial charge in [-0.1, -0.05) is 12.1 Å². The normalized spacial score (nSPS) is 12.7. The molecule has 1 aromatic heterocycles. The number of hydrogen-bond acceptors (Lipinski definition) is 2. The number of likely N-dealkylation sites (N-methyl/N-ethyl adjacent to an activating group) is 1. The van der Waals surface area contributed by atoms with Gasteiger partial charge < -0.3 is 5.32 Å². The van der Waals surface area contributed by atoms with Crippen LogP contribution in [0.15, 0.2) is 34.9 Å². The second-order valence-corrected chi connectivity index (χ2v) is 4.93. The van der Waals surface area contributed by atoms with Crippen molar-refractivity contribution >= 4 is 15.9 Å². The number of rotatable bonds is 4. The molecular weight excluding hydrogens is 297 g/mol. The van der Waals surface area contributed by atoms with E-state index in [1.807, 2.05) is 30.9 Å². The van der Waals surface area contributed by atoms with Crippen molar-refractivity contribution in [1.29, 1.82) is 0 Å². The first kappa shape index (κ1) is 13.2. The Labute approximate surface area is 114 Å². The number of hydrogen-bond donors (Lipinski definition) is 1. The Hall–Kier alpha value is -1.20. The molecule has 2 aromatic rings. The second-order valence-electron chi connectivity index (χ2n) is 4.14.